The van der Waals surface area contributed by atoms with Crippen molar-refractivity contribution < 1.29 is 24.0 Å². The van der Waals surface area contributed by atoms with Gasteiger partial charge in [0.05, 0.1) is 18.6 Å². The molecule has 8 heteroatoms. The lowest BCUT2D eigenvalue weighted by Gasteiger charge is -2.17. The summed E-state index contributed by atoms with van der Waals surface area (Å²) in [6, 6.07) is 4.02. The smallest absolute Gasteiger partial charge is 0.315 e. The molecule has 0 N–H and O–H groups in total. The van der Waals surface area contributed by atoms with Gasteiger partial charge in [-0.15, -0.1) is 0 Å². The largest absolute Gasteiger partial charge is 0.497 e. The Balaban J connectivity index is 3.04. The zero-order valence-electron chi connectivity index (χ0n) is 12.0. The Morgan fingerprint density at radius 3 is 2.57 bits per heavy atom. The van der Waals surface area contributed by atoms with Crippen molar-refractivity contribution in [2.45, 2.75) is 13.3 Å². The van der Waals surface area contributed by atoms with Crippen molar-refractivity contribution in [3.63, 3.8) is 0 Å². The molecule has 0 unspecified atom stereocenters. The van der Waals surface area contributed by atoms with Crippen molar-refractivity contribution in [2.24, 2.45) is 0 Å². The molecule has 0 aromatic heterocycles. The molecule has 21 heavy (non-hydrogen) atoms. The van der Waals surface area contributed by atoms with Crippen molar-refractivity contribution in [3.8, 4) is 5.75 Å². The number of hydrogen-bond donors (Lipinski definition) is 0. The van der Waals surface area contributed by atoms with Crippen LogP contribution in [0.3, 0.4) is 0 Å². The summed E-state index contributed by atoms with van der Waals surface area (Å²) in [7, 11) is 2.76. The predicted molar refractivity (Wildman–Crippen MR) is 74.3 cm³/mol. The zero-order valence-corrected chi connectivity index (χ0v) is 12.0. The molecule has 0 heterocycles. The van der Waals surface area contributed by atoms with Crippen LogP contribution in [0.4, 0.5) is 11.4 Å². The quantitative estimate of drug-likeness (QED) is 0.341. The summed E-state index contributed by atoms with van der Waals surface area (Å²) in [6.07, 6.45) is -0.487. The highest BCUT2D eigenvalue weighted by Gasteiger charge is 2.24. The SMILES string of the molecule is CCOC(=O)CC(=O)N(C)c1cc(OC)ccc1[N+](=O)[O-]. The Morgan fingerprint density at radius 1 is 1.38 bits per heavy atom. The number of nitro benzene ring substituents is 1. The summed E-state index contributed by atoms with van der Waals surface area (Å²) >= 11 is 0. The second kappa shape index (κ2) is 7.22. The van der Waals surface area contributed by atoms with E-state index in [9.17, 15) is 19.7 Å². The van der Waals surface area contributed by atoms with Gasteiger partial charge in [-0.1, -0.05) is 0 Å². The van der Waals surface area contributed by atoms with Gasteiger partial charge in [-0.3, -0.25) is 19.7 Å². The zero-order chi connectivity index (χ0) is 16.0. The number of carbonyl (C=O) groups is 2. The Bertz CT molecular complexity index is 558. The fourth-order valence-corrected chi connectivity index (χ4v) is 1.64. The van der Waals surface area contributed by atoms with Gasteiger partial charge >= 0.3 is 5.97 Å². The number of anilines is 1. The fourth-order valence-electron chi connectivity index (χ4n) is 1.64. The van der Waals surface area contributed by atoms with Gasteiger partial charge < -0.3 is 14.4 Å². The molecule has 0 spiro atoms. The van der Waals surface area contributed by atoms with Crippen LogP contribution in [0.2, 0.25) is 0 Å². The van der Waals surface area contributed by atoms with Gasteiger partial charge in [0.1, 0.15) is 17.9 Å². The van der Waals surface area contributed by atoms with E-state index >= 15 is 0 Å². The lowest BCUT2D eigenvalue weighted by atomic mass is 10.2. The molecule has 0 aliphatic rings. The van der Waals surface area contributed by atoms with E-state index in [1.165, 1.54) is 32.4 Å². The molecule has 0 fully saturated rings. The summed E-state index contributed by atoms with van der Waals surface area (Å²) in [5, 5.41) is 11.0. The molecule has 0 radical (unpaired) electrons. The van der Waals surface area contributed by atoms with Gasteiger partial charge in [-0.2, -0.15) is 0 Å². The van der Waals surface area contributed by atoms with Crippen LogP contribution < -0.4 is 9.64 Å². The van der Waals surface area contributed by atoms with Gasteiger partial charge in [-0.05, 0) is 13.0 Å². The summed E-state index contributed by atoms with van der Waals surface area (Å²) < 4.78 is 9.66. The second-order valence-electron chi connectivity index (χ2n) is 4.05. The maximum absolute atomic E-state index is 12.0. The van der Waals surface area contributed by atoms with E-state index in [4.69, 9.17) is 4.74 Å². The molecule has 0 saturated carbocycles. The number of amides is 1. The highest BCUT2D eigenvalue weighted by Crippen LogP contribution is 2.31. The molecule has 1 amide bonds. The molecule has 114 valence electrons. The maximum Gasteiger partial charge on any atom is 0.315 e. The van der Waals surface area contributed by atoms with Crippen molar-refractivity contribution in [1.82, 2.24) is 0 Å². The van der Waals surface area contributed by atoms with Gasteiger partial charge in [0.15, 0.2) is 0 Å². The van der Waals surface area contributed by atoms with E-state index in [1.807, 2.05) is 0 Å². The van der Waals surface area contributed by atoms with Crippen LogP contribution in [-0.2, 0) is 14.3 Å². The summed E-state index contributed by atoms with van der Waals surface area (Å²) in [6.45, 7) is 1.79. The van der Waals surface area contributed by atoms with Crippen molar-refractivity contribution in [2.75, 3.05) is 25.7 Å². The molecule has 0 bridgehead atoms. The number of methoxy groups -OCH3 is 1. The second-order valence-corrected chi connectivity index (χ2v) is 4.05. The van der Waals surface area contributed by atoms with E-state index in [-0.39, 0.29) is 18.0 Å². The first-order valence-corrected chi connectivity index (χ1v) is 6.15. The first-order chi connectivity index (χ1) is 9.90. The molecule has 0 atom stereocenters. The summed E-state index contributed by atoms with van der Waals surface area (Å²) in [5.41, 5.74) is -0.204. The third kappa shape index (κ3) is 4.16. The fraction of sp³-hybridized carbons (Fsp3) is 0.385. The van der Waals surface area contributed by atoms with Crippen LogP contribution in [0.25, 0.3) is 0 Å². The monoisotopic (exact) mass is 296 g/mol. The number of esters is 1. The van der Waals surface area contributed by atoms with Crippen LogP contribution in [0, 0.1) is 10.1 Å². The number of nitrogens with zero attached hydrogens (tertiary/aromatic N) is 2. The van der Waals surface area contributed by atoms with Gasteiger partial charge in [-0.25, -0.2) is 0 Å². The topological polar surface area (TPSA) is 99.0 Å². The van der Waals surface area contributed by atoms with Crippen LogP contribution >= 0.6 is 0 Å². The average Bonchev–Trinajstić information content (AvgIpc) is 2.45. The summed E-state index contributed by atoms with van der Waals surface area (Å²) in [5.74, 6) is -0.920. The van der Waals surface area contributed by atoms with E-state index in [0.29, 0.717) is 5.75 Å². The highest BCUT2D eigenvalue weighted by molar-refractivity contribution is 6.04. The molecule has 1 aromatic rings. The molecule has 0 saturated heterocycles. The Hall–Kier alpha value is -2.64. The van der Waals surface area contributed by atoms with Gasteiger partial charge in [0.25, 0.3) is 5.69 Å². The summed E-state index contributed by atoms with van der Waals surface area (Å²) in [4.78, 5) is 34.7. The van der Waals surface area contributed by atoms with Gasteiger partial charge in [0.2, 0.25) is 5.91 Å². The molecular weight excluding hydrogens is 280 g/mol. The Kier molecular flexibility index (Phi) is 5.65. The number of hydrogen-bond acceptors (Lipinski definition) is 6. The van der Waals surface area contributed by atoms with Crippen LogP contribution in [0.5, 0.6) is 5.75 Å². The first kappa shape index (κ1) is 16.4. The first-order valence-electron chi connectivity index (χ1n) is 6.15. The molecular formula is C13H16N2O6. The standard InChI is InChI=1S/C13H16N2O6/c1-4-21-13(17)8-12(16)14(2)11-7-9(20-3)5-6-10(11)15(18)19/h5-7H,4,8H2,1-3H3. The maximum atomic E-state index is 12.0. The predicted octanol–water partition coefficient (Wildman–Crippen LogP) is 1.52. The van der Waals surface area contributed by atoms with Crippen LogP contribution in [0.1, 0.15) is 13.3 Å². The van der Waals surface area contributed by atoms with Crippen LogP contribution in [0.15, 0.2) is 18.2 Å². The minimum Gasteiger partial charge on any atom is -0.497 e. The van der Waals surface area contributed by atoms with Crippen molar-refractivity contribution in [3.05, 3.63) is 28.3 Å². The Morgan fingerprint density at radius 2 is 2.05 bits per heavy atom. The van der Waals surface area contributed by atoms with E-state index in [1.54, 1.807) is 6.92 Å². The minimum atomic E-state index is -0.681. The van der Waals surface area contributed by atoms with E-state index < -0.39 is 23.2 Å². The number of ether oxygens (including phenoxy) is 2. The number of benzene rings is 1. The van der Waals surface area contributed by atoms with Gasteiger partial charge in [0, 0.05) is 19.2 Å². The lowest BCUT2D eigenvalue weighted by Crippen LogP contribution is -2.29. The Labute approximate surface area is 121 Å². The van der Waals surface area contributed by atoms with E-state index in [2.05, 4.69) is 4.74 Å². The molecule has 1 aromatic carbocycles. The highest BCUT2D eigenvalue weighted by atomic mass is 16.6. The van der Waals surface area contributed by atoms with Crippen LogP contribution in [-0.4, -0.2) is 37.6 Å². The molecule has 8 nitrogen and oxygen atoms in total. The lowest BCUT2D eigenvalue weighted by molar-refractivity contribution is -0.384. The average molecular weight is 296 g/mol. The third-order valence-corrected chi connectivity index (χ3v) is 2.72. The number of rotatable bonds is 6. The number of carbonyl (C=O) groups excluding carboxylic acids is 2. The van der Waals surface area contributed by atoms with Crippen molar-refractivity contribution in [1.29, 1.82) is 0 Å². The minimum absolute atomic E-state index is 0.0497. The molecule has 0 aliphatic carbocycles. The third-order valence-electron chi connectivity index (χ3n) is 2.72. The van der Waals surface area contributed by atoms with E-state index in [0.717, 1.165) is 4.90 Å². The normalized spacial score (nSPS) is 9.86. The van der Waals surface area contributed by atoms with Crippen molar-refractivity contribution >= 4 is 23.3 Å². The number of nitro groups is 1. The molecule has 0 aliphatic heterocycles. The molecule has 1 rings (SSSR count).